The zero-order chi connectivity index (χ0) is 18.0. The Hall–Kier alpha value is -2.82. The smallest absolute Gasteiger partial charge is 0.312 e. The molecule has 5 nitrogen and oxygen atoms in total. The number of fused-ring (bicyclic) bond motifs is 1. The van der Waals surface area contributed by atoms with E-state index in [0.717, 1.165) is 0 Å². The number of amides is 1. The van der Waals surface area contributed by atoms with Crippen LogP contribution in [0.4, 0.5) is 5.69 Å². The minimum Gasteiger partial charge on any atom is -0.493 e. The van der Waals surface area contributed by atoms with Gasteiger partial charge in [0.25, 0.3) is 5.91 Å². The zero-order valence-electron chi connectivity index (χ0n) is 14.3. The van der Waals surface area contributed by atoms with E-state index in [0.29, 0.717) is 35.1 Å². The lowest BCUT2D eigenvalue weighted by Crippen LogP contribution is -2.31. The third-order valence-corrected chi connectivity index (χ3v) is 4.18. The second-order valence-electron chi connectivity index (χ2n) is 6.60. The molecule has 1 aliphatic rings. The first-order valence-electron chi connectivity index (χ1n) is 8.34. The summed E-state index contributed by atoms with van der Waals surface area (Å²) in [6, 6.07) is 14.2. The van der Waals surface area contributed by atoms with Gasteiger partial charge in [0.2, 0.25) is 0 Å². The van der Waals surface area contributed by atoms with E-state index in [-0.39, 0.29) is 12.5 Å². The predicted octanol–water partition coefficient (Wildman–Crippen LogP) is 3.55. The number of benzene rings is 2. The second-order valence-corrected chi connectivity index (χ2v) is 6.60. The van der Waals surface area contributed by atoms with Crippen LogP contribution >= 0.6 is 0 Å². The monoisotopic (exact) mass is 339 g/mol. The molecule has 0 saturated heterocycles. The lowest BCUT2D eigenvalue weighted by atomic mass is 10.0. The molecule has 0 fully saturated rings. The molecule has 1 heterocycles. The largest absolute Gasteiger partial charge is 0.493 e. The van der Waals surface area contributed by atoms with Gasteiger partial charge in [0, 0.05) is 17.8 Å². The minimum absolute atomic E-state index is 0.143. The van der Waals surface area contributed by atoms with Crippen LogP contribution in [-0.2, 0) is 4.79 Å². The van der Waals surface area contributed by atoms with Crippen LogP contribution in [0, 0.1) is 5.92 Å². The highest BCUT2D eigenvalue weighted by Gasteiger charge is 2.36. The normalized spacial score (nSPS) is 16.0. The maximum Gasteiger partial charge on any atom is 0.312 e. The third kappa shape index (κ3) is 3.50. The molecule has 1 unspecified atom stereocenters. The number of carbonyl (C=O) groups is 2. The van der Waals surface area contributed by atoms with E-state index in [1.807, 2.05) is 12.1 Å². The molecule has 0 spiro atoms. The number of para-hydroxylation sites is 1. The van der Waals surface area contributed by atoms with Crippen LogP contribution in [0.1, 0.15) is 35.7 Å². The minimum atomic E-state index is -0.920. The van der Waals surface area contributed by atoms with Gasteiger partial charge in [0.05, 0.1) is 6.61 Å². The number of ether oxygens (including phenoxy) is 1. The van der Waals surface area contributed by atoms with Gasteiger partial charge in [0.15, 0.2) is 0 Å². The highest BCUT2D eigenvalue weighted by atomic mass is 16.5. The fourth-order valence-corrected chi connectivity index (χ4v) is 2.95. The van der Waals surface area contributed by atoms with E-state index < -0.39 is 11.9 Å². The molecule has 0 saturated carbocycles. The third-order valence-electron chi connectivity index (χ3n) is 4.18. The number of hydrogen-bond donors (Lipinski definition) is 1. The summed E-state index contributed by atoms with van der Waals surface area (Å²) < 4.78 is 5.68. The van der Waals surface area contributed by atoms with Crippen LogP contribution in [0.25, 0.3) is 0 Å². The highest BCUT2D eigenvalue weighted by Crippen LogP contribution is 2.37. The molecule has 0 radical (unpaired) electrons. The summed E-state index contributed by atoms with van der Waals surface area (Å²) in [7, 11) is 0. The molecule has 2 aromatic rings. The molecule has 1 aliphatic heterocycles. The SMILES string of the molecule is CC(C)COc1cccc(C(=O)N2CC(C(=O)O)c3ccccc32)c1. The summed E-state index contributed by atoms with van der Waals surface area (Å²) in [5.41, 5.74) is 1.83. The van der Waals surface area contributed by atoms with E-state index in [1.54, 1.807) is 36.4 Å². The van der Waals surface area contributed by atoms with Crippen LogP contribution < -0.4 is 9.64 Å². The van der Waals surface area contributed by atoms with Crippen LogP contribution in [-0.4, -0.2) is 30.1 Å². The van der Waals surface area contributed by atoms with Gasteiger partial charge >= 0.3 is 5.97 Å². The van der Waals surface area contributed by atoms with Crippen LogP contribution in [0.3, 0.4) is 0 Å². The van der Waals surface area contributed by atoms with E-state index in [1.165, 1.54) is 4.90 Å². The second kappa shape index (κ2) is 6.97. The first-order chi connectivity index (χ1) is 12.0. The molecule has 5 heteroatoms. The van der Waals surface area contributed by atoms with Gasteiger partial charge in [-0.05, 0) is 35.7 Å². The van der Waals surface area contributed by atoms with Gasteiger partial charge in [-0.25, -0.2) is 0 Å². The molecular weight excluding hydrogens is 318 g/mol. The first-order valence-corrected chi connectivity index (χ1v) is 8.34. The van der Waals surface area contributed by atoms with Crippen LogP contribution in [0.2, 0.25) is 0 Å². The van der Waals surface area contributed by atoms with Crippen molar-refractivity contribution in [3.63, 3.8) is 0 Å². The number of rotatable bonds is 5. The van der Waals surface area contributed by atoms with Crippen molar-refractivity contribution in [3.05, 3.63) is 59.7 Å². The molecule has 0 aliphatic carbocycles. The van der Waals surface area contributed by atoms with E-state index in [9.17, 15) is 14.7 Å². The average molecular weight is 339 g/mol. The maximum absolute atomic E-state index is 12.9. The van der Waals surface area contributed by atoms with E-state index >= 15 is 0 Å². The highest BCUT2D eigenvalue weighted by molar-refractivity contribution is 6.08. The number of nitrogens with zero attached hydrogens (tertiary/aromatic N) is 1. The molecule has 2 aromatic carbocycles. The number of anilines is 1. The molecule has 0 aromatic heterocycles. The Labute approximate surface area is 146 Å². The summed E-state index contributed by atoms with van der Waals surface area (Å²) >= 11 is 0. The van der Waals surface area contributed by atoms with Gasteiger partial charge in [-0.3, -0.25) is 9.59 Å². The molecular formula is C20H21NO4. The van der Waals surface area contributed by atoms with Crippen molar-refractivity contribution in [2.75, 3.05) is 18.1 Å². The Morgan fingerprint density at radius 2 is 1.96 bits per heavy atom. The van der Waals surface area contributed by atoms with Crippen molar-refractivity contribution in [3.8, 4) is 5.75 Å². The van der Waals surface area contributed by atoms with Crippen molar-refractivity contribution < 1.29 is 19.4 Å². The van der Waals surface area contributed by atoms with E-state index in [2.05, 4.69) is 13.8 Å². The Balaban J connectivity index is 1.87. The first kappa shape index (κ1) is 17.0. The lowest BCUT2D eigenvalue weighted by Gasteiger charge is -2.18. The number of hydrogen-bond acceptors (Lipinski definition) is 3. The lowest BCUT2D eigenvalue weighted by molar-refractivity contribution is -0.138. The summed E-state index contributed by atoms with van der Waals surface area (Å²) in [4.78, 5) is 26.0. The Bertz CT molecular complexity index is 800. The van der Waals surface area contributed by atoms with Gasteiger partial charge < -0.3 is 14.7 Å². The zero-order valence-corrected chi connectivity index (χ0v) is 14.3. The molecule has 0 bridgehead atoms. The molecule has 3 rings (SSSR count). The summed E-state index contributed by atoms with van der Waals surface area (Å²) in [6.45, 7) is 4.83. The fraction of sp³-hybridized carbons (Fsp3) is 0.300. The molecule has 25 heavy (non-hydrogen) atoms. The number of carboxylic acid groups (broad SMARTS) is 1. The van der Waals surface area contributed by atoms with Crippen molar-refractivity contribution in [1.29, 1.82) is 0 Å². The van der Waals surface area contributed by atoms with Crippen molar-refractivity contribution in [2.24, 2.45) is 5.92 Å². The molecule has 1 N–H and O–H groups in total. The topological polar surface area (TPSA) is 66.8 Å². The molecule has 1 amide bonds. The quantitative estimate of drug-likeness (QED) is 0.904. The Morgan fingerprint density at radius 1 is 1.20 bits per heavy atom. The van der Waals surface area contributed by atoms with Gasteiger partial charge in [-0.15, -0.1) is 0 Å². The van der Waals surface area contributed by atoms with E-state index in [4.69, 9.17) is 4.74 Å². The average Bonchev–Trinajstić information content (AvgIpc) is 2.99. The van der Waals surface area contributed by atoms with Gasteiger partial charge in [0.1, 0.15) is 11.7 Å². The molecule has 1 atom stereocenters. The predicted molar refractivity (Wildman–Crippen MR) is 95.3 cm³/mol. The van der Waals surface area contributed by atoms with Crippen LogP contribution in [0.15, 0.2) is 48.5 Å². The standard InChI is InChI=1S/C20H21NO4/c1-13(2)12-25-15-7-5-6-14(10-15)19(22)21-11-17(20(23)24)16-8-3-4-9-18(16)21/h3-10,13,17H,11-12H2,1-2H3,(H,23,24). The summed E-state index contributed by atoms with van der Waals surface area (Å²) in [5, 5.41) is 9.44. The van der Waals surface area contributed by atoms with Crippen molar-refractivity contribution in [2.45, 2.75) is 19.8 Å². The van der Waals surface area contributed by atoms with Gasteiger partial charge in [-0.2, -0.15) is 0 Å². The maximum atomic E-state index is 12.9. The summed E-state index contributed by atoms with van der Waals surface area (Å²) in [6.07, 6.45) is 0. The number of carbonyl (C=O) groups excluding carboxylic acids is 1. The van der Waals surface area contributed by atoms with Crippen molar-refractivity contribution >= 4 is 17.6 Å². The number of carboxylic acids is 1. The Kier molecular flexibility index (Phi) is 4.74. The summed E-state index contributed by atoms with van der Waals surface area (Å²) in [5.74, 6) is -0.800. The fourth-order valence-electron chi connectivity index (χ4n) is 2.95. The van der Waals surface area contributed by atoms with Crippen molar-refractivity contribution in [1.82, 2.24) is 0 Å². The van der Waals surface area contributed by atoms with Crippen LogP contribution in [0.5, 0.6) is 5.75 Å². The number of aliphatic carboxylic acids is 1. The Morgan fingerprint density at radius 3 is 2.68 bits per heavy atom. The van der Waals surface area contributed by atoms with Gasteiger partial charge in [-0.1, -0.05) is 38.1 Å². The molecule has 130 valence electrons.